The smallest absolute Gasteiger partial charge is 0.301 e. The Morgan fingerprint density at radius 3 is 2.30 bits per heavy atom. The molecule has 0 saturated heterocycles. The SMILES string of the molecule is C=CCOC(C)(C)C(F)(F)[C@](C)(N[S+]([O-])C(C)C)c1cc(Br)c(F)cc1F. The molecule has 0 fully saturated rings. The molecule has 0 radical (unpaired) electrons. The Hall–Kier alpha value is -0.610. The van der Waals surface area contributed by atoms with Gasteiger partial charge in [-0.2, -0.15) is 0 Å². The van der Waals surface area contributed by atoms with E-state index in [1.165, 1.54) is 6.08 Å². The van der Waals surface area contributed by atoms with Gasteiger partial charge < -0.3 is 9.29 Å². The Kier molecular flexibility index (Phi) is 7.98. The van der Waals surface area contributed by atoms with E-state index in [1.54, 1.807) is 13.8 Å². The molecule has 0 aliphatic heterocycles. The Labute approximate surface area is 169 Å². The molecular formula is C18H24BrF4NO2S. The van der Waals surface area contributed by atoms with Crippen LogP contribution in [0.3, 0.4) is 0 Å². The van der Waals surface area contributed by atoms with Crippen molar-refractivity contribution in [3.63, 3.8) is 0 Å². The maximum absolute atomic E-state index is 15.7. The van der Waals surface area contributed by atoms with Gasteiger partial charge in [-0.3, -0.25) is 0 Å². The quantitative estimate of drug-likeness (QED) is 0.231. The van der Waals surface area contributed by atoms with Gasteiger partial charge >= 0.3 is 5.92 Å². The number of halogens is 5. The highest BCUT2D eigenvalue weighted by molar-refractivity contribution is 9.10. The first kappa shape index (κ1) is 24.4. The van der Waals surface area contributed by atoms with E-state index in [0.29, 0.717) is 6.07 Å². The Balaban J connectivity index is 3.65. The van der Waals surface area contributed by atoms with E-state index in [9.17, 15) is 13.3 Å². The molecule has 2 atom stereocenters. The zero-order valence-electron chi connectivity index (χ0n) is 15.8. The highest BCUT2D eigenvalue weighted by Gasteiger charge is 2.64. The minimum absolute atomic E-state index is 0.165. The van der Waals surface area contributed by atoms with Crippen molar-refractivity contribution in [3.05, 3.63) is 46.5 Å². The average molecular weight is 474 g/mol. The minimum atomic E-state index is -3.76. The molecule has 1 aromatic rings. The van der Waals surface area contributed by atoms with Crippen LogP contribution in [-0.4, -0.2) is 27.9 Å². The molecule has 1 rings (SSSR count). The molecule has 0 aliphatic rings. The van der Waals surface area contributed by atoms with E-state index >= 15 is 8.78 Å². The fraction of sp³-hybridized carbons (Fsp3) is 0.556. The third-order valence-electron chi connectivity index (χ3n) is 4.23. The maximum atomic E-state index is 15.7. The molecule has 27 heavy (non-hydrogen) atoms. The third-order valence-corrected chi connectivity index (χ3v) is 6.30. The fourth-order valence-corrected chi connectivity index (χ4v) is 3.69. The minimum Gasteiger partial charge on any atom is -0.598 e. The summed E-state index contributed by atoms with van der Waals surface area (Å²) in [5.41, 5.74) is -5.09. The van der Waals surface area contributed by atoms with Crippen molar-refractivity contribution in [1.82, 2.24) is 4.72 Å². The van der Waals surface area contributed by atoms with Crippen LogP contribution in [0.2, 0.25) is 0 Å². The number of benzene rings is 1. The van der Waals surface area contributed by atoms with Crippen molar-refractivity contribution in [1.29, 1.82) is 0 Å². The molecule has 0 spiro atoms. The first-order chi connectivity index (χ1) is 12.2. The van der Waals surface area contributed by atoms with E-state index in [-0.39, 0.29) is 11.1 Å². The summed E-state index contributed by atoms with van der Waals surface area (Å²) in [6, 6.07) is 1.43. The number of hydrogen-bond acceptors (Lipinski definition) is 3. The van der Waals surface area contributed by atoms with Crippen LogP contribution in [0, 0.1) is 11.6 Å². The normalized spacial score (nSPS) is 16.3. The summed E-state index contributed by atoms with van der Waals surface area (Å²) in [4.78, 5) is 0. The highest BCUT2D eigenvalue weighted by atomic mass is 79.9. The topological polar surface area (TPSA) is 44.3 Å². The van der Waals surface area contributed by atoms with Gasteiger partial charge in [0.25, 0.3) is 0 Å². The van der Waals surface area contributed by atoms with Gasteiger partial charge in [-0.15, -0.1) is 11.3 Å². The predicted octanol–water partition coefficient (Wildman–Crippen LogP) is 5.22. The summed E-state index contributed by atoms with van der Waals surface area (Å²) in [7, 11) is 0. The van der Waals surface area contributed by atoms with Gasteiger partial charge in [-0.05, 0) is 56.6 Å². The predicted molar refractivity (Wildman–Crippen MR) is 103 cm³/mol. The number of hydrogen-bond donors (Lipinski definition) is 1. The fourth-order valence-electron chi connectivity index (χ4n) is 2.47. The van der Waals surface area contributed by atoms with Crippen molar-refractivity contribution < 1.29 is 26.9 Å². The van der Waals surface area contributed by atoms with Gasteiger partial charge in [0, 0.05) is 23.0 Å². The second kappa shape index (κ2) is 8.82. The first-order valence-electron chi connectivity index (χ1n) is 8.17. The van der Waals surface area contributed by atoms with Crippen molar-refractivity contribution in [2.24, 2.45) is 0 Å². The lowest BCUT2D eigenvalue weighted by Crippen LogP contribution is -2.65. The molecule has 0 bridgehead atoms. The van der Waals surface area contributed by atoms with Crippen LogP contribution in [0.25, 0.3) is 0 Å². The summed E-state index contributed by atoms with van der Waals surface area (Å²) in [5, 5.41) is -0.524. The van der Waals surface area contributed by atoms with Crippen LogP contribution in [0.15, 0.2) is 29.3 Å². The van der Waals surface area contributed by atoms with Gasteiger partial charge in [0.1, 0.15) is 22.5 Å². The molecule has 154 valence electrons. The number of nitrogens with one attached hydrogen (secondary N) is 1. The largest absolute Gasteiger partial charge is 0.598 e. The molecule has 1 N–H and O–H groups in total. The lowest BCUT2D eigenvalue weighted by atomic mass is 9.78. The molecule has 0 heterocycles. The summed E-state index contributed by atoms with van der Waals surface area (Å²) in [5.74, 6) is -5.88. The van der Waals surface area contributed by atoms with E-state index in [0.717, 1.165) is 26.8 Å². The monoisotopic (exact) mass is 473 g/mol. The lowest BCUT2D eigenvalue weighted by molar-refractivity contribution is -0.224. The van der Waals surface area contributed by atoms with Gasteiger partial charge in [-0.1, -0.05) is 6.08 Å². The molecule has 3 nitrogen and oxygen atoms in total. The van der Waals surface area contributed by atoms with Gasteiger partial charge in [0.2, 0.25) is 0 Å². The van der Waals surface area contributed by atoms with Crippen LogP contribution < -0.4 is 4.72 Å². The second-order valence-corrected chi connectivity index (χ2v) is 9.60. The molecular weight excluding hydrogens is 450 g/mol. The number of rotatable bonds is 9. The summed E-state index contributed by atoms with van der Waals surface area (Å²) in [6.07, 6.45) is 1.31. The van der Waals surface area contributed by atoms with Crippen molar-refractivity contribution >= 4 is 27.3 Å². The van der Waals surface area contributed by atoms with Crippen molar-refractivity contribution in [2.45, 2.75) is 56.9 Å². The van der Waals surface area contributed by atoms with Crippen molar-refractivity contribution in [3.8, 4) is 0 Å². The van der Waals surface area contributed by atoms with Gasteiger partial charge in [0.05, 0.1) is 11.1 Å². The zero-order chi connectivity index (χ0) is 21.2. The summed E-state index contributed by atoms with van der Waals surface area (Å²) in [6.45, 7) is 9.71. The standard InChI is InChI=1S/C18H24BrF4NO2S/c1-7-8-26-16(4,5)18(22,23)17(6,24-27(25)11(2)3)12-9-13(19)15(21)10-14(12)20/h7,9-11,24H,1,8H2,2-6H3/t17-,27?/m1/s1. The molecule has 0 aliphatic carbocycles. The van der Waals surface area contributed by atoms with E-state index < -0.39 is 50.9 Å². The molecule has 0 aromatic heterocycles. The Morgan fingerprint density at radius 2 is 1.81 bits per heavy atom. The zero-order valence-corrected chi connectivity index (χ0v) is 18.2. The molecule has 1 unspecified atom stereocenters. The summed E-state index contributed by atoms with van der Waals surface area (Å²) >= 11 is 0.962. The molecule has 0 amide bonds. The maximum Gasteiger partial charge on any atom is 0.301 e. The third kappa shape index (κ3) is 4.87. The second-order valence-electron chi connectivity index (χ2n) is 7.00. The molecule has 9 heteroatoms. The van der Waals surface area contributed by atoms with E-state index in [4.69, 9.17) is 4.74 Å². The van der Waals surface area contributed by atoms with Crippen LogP contribution in [0.4, 0.5) is 17.6 Å². The molecule has 0 saturated carbocycles. The number of alkyl halides is 2. The van der Waals surface area contributed by atoms with Crippen LogP contribution in [0.1, 0.15) is 40.2 Å². The van der Waals surface area contributed by atoms with Crippen LogP contribution in [-0.2, 0) is 21.6 Å². The lowest BCUT2D eigenvalue weighted by Gasteiger charge is -2.45. The van der Waals surface area contributed by atoms with Crippen LogP contribution in [0.5, 0.6) is 0 Å². The highest BCUT2D eigenvalue weighted by Crippen LogP contribution is 2.48. The van der Waals surface area contributed by atoms with E-state index in [2.05, 4.69) is 27.2 Å². The van der Waals surface area contributed by atoms with Crippen LogP contribution >= 0.6 is 15.9 Å². The summed E-state index contributed by atoms with van der Waals surface area (Å²) < 4.78 is 79.3. The molecule has 1 aromatic carbocycles. The van der Waals surface area contributed by atoms with Crippen molar-refractivity contribution in [2.75, 3.05) is 6.61 Å². The van der Waals surface area contributed by atoms with Gasteiger partial charge in [-0.25, -0.2) is 17.6 Å². The Bertz CT molecular complexity index is 688. The average Bonchev–Trinajstić information content (AvgIpc) is 2.55. The first-order valence-corrected chi connectivity index (χ1v) is 10.2. The van der Waals surface area contributed by atoms with Gasteiger partial charge in [0.15, 0.2) is 5.54 Å². The number of ether oxygens (including phenoxy) is 1. The van der Waals surface area contributed by atoms with E-state index in [1.807, 2.05) is 0 Å². The Morgan fingerprint density at radius 1 is 1.26 bits per heavy atom.